The lowest BCUT2D eigenvalue weighted by atomic mass is 10.2. The van der Waals surface area contributed by atoms with Gasteiger partial charge in [-0.3, -0.25) is 19.7 Å². The molecule has 3 aromatic heterocycles. The molecule has 2 N–H and O–H groups in total. The number of carbonyl (C=O) groups excluding carboxylic acids is 1. The normalized spacial score (nSPS) is 15.8. The fraction of sp³-hybridized carbons (Fsp3) is 0.227. The zero-order valence-electron chi connectivity index (χ0n) is 17.1. The van der Waals surface area contributed by atoms with Gasteiger partial charge < -0.3 is 15.5 Å². The van der Waals surface area contributed by atoms with Gasteiger partial charge in [0.05, 0.1) is 30.3 Å². The van der Waals surface area contributed by atoms with E-state index in [0.29, 0.717) is 5.82 Å². The number of anilines is 1. The van der Waals surface area contributed by atoms with E-state index < -0.39 is 0 Å². The smallest absolute Gasteiger partial charge is 0.245 e. The first-order valence-corrected chi connectivity index (χ1v) is 9.70. The van der Waals surface area contributed by atoms with Crippen LogP contribution < -0.4 is 10.6 Å². The van der Waals surface area contributed by atoms with Gasteiger partial charge in [0.2, 0.25) is 5.91 Å². The number of hydrogen-bond acceptors (Lipinski definition) is 7. The Kier molecular flexibility index (Phi) is 5.38. The van der Waals surface area contributed by atoms with Crippen molar-refractivity contribution >= 4 is 17.4 Å². The molecule has 0 saturated carbocycles. The fourth-order valence-corrected chi connectivity index (χ4v) is 3.39. The summed E-state index contributed by atoms with van der Waals surface area (Å²) in [6.45, 7) is 6.21. The van der Waals surface area contributed by atoms with Crippen molar-refractivity contribution in [2.24, 2.45) is 0 Å². The number of amides is 1. The van der Waals surface area contributed by atoms with Gasteiger partial charge in [-0.05, 0) is 45.0 Å². The van der Waals surface area contributed by atoms with E-state index in [1.54, 1.807) is 30.9 Å². The zero-order valence-corrected chi connectivity index (χ0v) is 17.1. The minimum Gasteiger partial charge on any atom is -0.363 e. The van der Waals surface area contributed by atoms with Crippen molar-refractivity contribution in [1.82, 2.24) is 30.2 Å². The largest absolute Gasteiger partial charge is 0.363 e. The van der Waals surface area contributed by atoms with Gasteiger partial charge in [0, 0.05) is 47.3 Å². The summed E-state index contributed by atoms with van der Waals surface area (Å²) < 4.78 is 0. The lowest BCUT2D eigenvalue weighted by Crippen LogP contribution is -2.39. The summed E-state index contributed by atoms with van der Waals surface area (Å²) in [4.78, 5) is 31.6. The van der Waals surface area contributed by atoms with Gasteiger partial charge in [0.1, 0.15) is 5.82 Å². The number of rotatable bonds is 5. The average molecular weight is 401 g/mol. The Morgan fingerprint density at radius 3 is 2.50 bits per heavy atom. The van der Waals surface area contributed by atoms with Gasteiger partial charge in [-0.1, -0.05) is 0 Å². The second-order valence-electron chi connectivity index (χ2n) is 7.17. The van der Waals surface area contributed by atoms with Crippen LogP contribution in [0.4, 0.5) is 5.82 Å². The first-order chi connectivity index (χ1) is 14.5. The molecule has 1 aliphatic heterocycles. The summed E-state index contributed by atoms with van der Waals surface area (Å²) in [6.07, 6.45) is 8.45. The molecule has 1 unspecified atom stereocenters. The van der Waals surface area contributed by atoms with E-state index in [2.05, 4.69) is 30.6 Å². The molecule has 1 amide bonds. The van der Waals surface area contributed by atoms with Crippen molar-refractivity contribution in [3.8, 4) is 11.3 Å². The monoisotopic (exact) mass is 401 g/mol. The van der Waals surface area contributed by atoms with Crippen molar-refractivity contribution in [2.75, 3.05) is 11.9 Å². The van der Waals surface area contributed by atoms with E-state index in [-0.39, 0.29) is 18.6 Å². The molecule has 8 nitrogen and oxygen atoms in total. The highest BCUT2D eigenvalue weighted by atomic mass is 16.2. The summed E-state index contributed by atoms with van der Waals surface area (Å²) in [6, 6.07) is 7.64. The average Bonchev–Trinajstić information content (AvgIpc) is 3.04. The van der Waals surface area contributed by atoms with Crippen molar-refractivity contribution in [3.63, 3.8) is 0 Å². The van der Waals surface area contributed by atoms with Crippen molar-refractivity contribution < 1.29 is 4.79 Å². The van der Waals surface area contributed by atoms with Crippen LogP contribution >= 0.6 is 0 Å². The summed E-state index contributed by atoms with van der Waals surface area (Å²) in [5.74, 6) is 0.364. The Labute approximate surface area is 175 Å². The highest BCUT2D eigenvalue weighted by Gasteiger charge is 2.27. The lowest BCUT2D eigenvalue weighted by molar-refractivity contribution is -0.117. The van der Waals surface area contributed by atoms with Gasteiger partial charge in [-0.2, -0.15) is 0 Å². The molecule has 8 heteroatoms. The lowest BCUT2D eigenvalue weighted by Gasteiger charge is -2.24. The van der Waals surface area contributed by atoms with Crippen LogP contribution in [0.25, 0.3) is 17.0 Å². The van der Waals surface area contributed by atoms with Crippen molar-refractivity contribution in [2.45, 2.75) is 26.9 Å². The van der Waals surface area contributed by atoms with Crippen molar-refractivity contribution in [3.05, 3.63) is 72.2 Å². The molecule has 1 aliphatic rings. The third kappa shape index (κ3) is 4.12. The SMILES string of the molecule is CC1=C(c2ccc(C)nc2)NC(C)N1CC(=O)Nc1ccc(-c2cnccn2)cn1. The molecule has 152 valence electrons. The summed E-state index contributed by atoms with van der Waals surface area (Å²) >= 11 is 0. The molecule has 0 aliphatic carbocycles. The number of aryl methyl sites for hydroxylation is 1. The van der Waals surface area contributed by atoms with Crippen LogP contribution in [0.5, 0.6) is 0 Å². The Bertz CT molecular complexity index is 1060. The summed E-state index contributed by atoms with van der Waals surface area (Å²) in [5, 5.41) is 6.30. The van der Waals surface area contributed by atoms with E-state index in [1.165, 1.54) is 0 Å². The number of carbonyl (C=O) groups is 1. The van der Waals surface area contributed by atoms with Crippen LogP contribution in [0.2, 0.25) is 0 Å². The maximum absolute atomic E-state index is 12.6. The van der Waals surface area contributed by atoms with E-state index >= 15 is 0 Å². The molecule has 3 aromatic rings. The van der Waals surface area contributed by atoms with Gasteiger partial charge in [-0.25, -0.2) is 4.98 Å². The molecule has 0 fully saturated rings. The van der Waals surface area contributed by atoms with E-state index in [1.807, 2.05) is 50.1 Å². The van der Waals surface area contributed by atoms with Gasteiger partial charge in [-0.15, -0.1) is 0 Å². The number of pyridine rings is 2. The second-order valence-corrected chi connectivity index (χ2v) is 7.17. The highest BCUT2D eigenvalue weighted by molar-refractivity contribution is 5.92. The molecule has 0 bridgehead atoms. The first kappa shape index (κ1) is 19.5. The molecule has 1 atom stereocenters. The predicted octanol–water partition coefficient (Wildman–Crippen LogP) is 2.82. The molecule has 4 heterocycles. The summed E-state index contributed by atoms with van der Waals surface area (Å²) in [7, 11) is 0. The van der Waals surface area contributed by atoms with Gasteiger partial charge in [0.15, 0.2) is 0 Å². The second kappa shape index (κ2) is 8.28. The Hall–Kier alpha value is -3.81. The zero-order chi connectivity index (χ0) is 21.1. The van der Waals surface area contributed by atoms with Crippen LogP contribution in [-0.4, -0.2) is 43.5 Å². The third-order valence-electron chi connectivity index (χ3n) is 5.02. The molecule has 0 aromatic carbocycles. The topological polar surface area (TPSA) is 95.9 Å². The molecule has 4 rings (SSSR count). The molecule has 0 saturated heterocycles. The molecule has 0 radical (unpaired) electrons. The number of aromatic nitrogens is 4. The standard InChI is InChI=1S/C22H23N7O/c1-14-4-5-18(11-25-14)22-15(2)29(16(3)27-22)13-21(30)28-20-7-6-17(10-26-20)19-12-23-8-9-24-19/h4-12,16,27H,13H2,1-3H3,(H,26,28,30). The van der Waals surface area contributed by atoms with Gasteiger partial charge >= 0.3 is 0 Å². The van der Waals surface area contributed by atoms with Crippen LogP contribution in [0.3, 0.4) is 0 Å². The van der Waals surface area contributed by atoms with E-state index in [4.69, 9.17) is 0 Å². The molecule has 30 heavy (non-hydrogen) atoms. The number of hydrogen-bond donors (Lipinski definition) is 2. The first-order valence-electron chi connectivity index (χ1n) is 9.70. The highest BCUT2D eigenvalue weighted by Crippen LogP contribution is 2.26. The quantitative estimate of drug-likeness (QED) is 0.679. The molecule has 0 spiro atoms. The maximum atomic E-state index is 12.6. The number of nitrogens with zero attached hydrogens (tertiary/aromatic N) is 5. The predicted molar refractivity (Wildman–Crippen MR) is 115 cm³/mol. The maximum Gasteiger partial charge on any atom is 0.245 e. The Morgan fingerprint density at radius 2 is 1.83 bits per heavy atom. The summed E-state index contributed by atoms with van der Waals surface area (Å²) in [5.41, 5.74) is 5.56. The van der Waals surface area contributed by atoms with Crippen LogP contribution in [0, 0.1) is 6.92 Å². The van der Waals surface area contributed by atoms with Crippen LogP contribution in [-0.2, 0) is 4.79 Å². The fourth-order valence-electron chi connectivity index (χ4n) is 3.39. The molecular formula is C22H23N7O. The molecular weight excluding hydrogens is 378 g/mol. The number of nitrogens with one attached hydrogen (secondary N) is 2. The third-order valence-corrected chi connectivity index (χ3v) is 5.02. The van der Waals surface area contributed by atoms with Crippen molar-refractivity contribution in [1.29, 1.82) is 0 Å². The minimum atomic E-state index is -0.133. The van der Waals surface area contributed by atoms with Gasteiger partial charge in [0.25, 0.3) is 0 Å². The minimum absolute atomic E-state index is 0.000886. The van der Waals surface area contributed by atoms with E-state index in [9.17, 15) is 4.79 Å². The number of allylic oxidation sites excluding steroid dienone is 1. The Morgan fingerprint density at radius 1 is 1.03 bits per heavy atom. The van der Waals surface area contributed by atoms with Crippen LogP contribution in [0.1, 0.15) is 25.1 Å². The Balaban J connectivity index is 1.42. The van der Waals surface area contributed by atoms with E-state index in [0.717, 1.165) is 33.9 Å². The van der Waals surface area contributed by atoms with Crippen LogP contribution in [0.15, 0.2) is 60.9 Å².